The molecule has 1 atom stereocenters. The summed E-state index contributed by atoms with van der Waals surface area (Å²) in [6.07, 6.45) is 12.0. The van der Waals surface area contributed by atoms with Gasteiger partial charge < -0.3 is 9.64 Å². The molecule has 3 heterocycles. The smallest absolute Gasteiger partial charge is 0.164 e. The number of hydrogen-bond donors (Lipinski definition) is 0. The molecule has 0 saturated carbocycles. The zero-order valence-electron chi connectivity index (χ0n) is 20.9. The van der Waals surface area contributed by atoms with Crippen LogP contribution >= 0.6 is 11.8 Å². The van der Waals surface area contributed by atoms with Crippen LogP contribution in [-0.4, -0.2) is 33.5 Å². The van der Waals surface area contributed by atoms with E-state index in [4.69, 9.17) is 9.73 Å². The largest absolute Gasteiger partial charge is 0.375 e. The van der Waals surface area contributed by atoms with E-state index in [-0.39, 0.29) is 0 Å². The fraction of sp³-hybridized carbons (Fsp3) is 0.467. The Hall–Kier alpha value is -2.37. The third kappa shape index (κ3) is 6.07. The molecule has 184 valence electrons. The first-order valence-corrected chi connectivity index (χ1v) is 14.3. The average Bonchev–Trinajstić information content (AvgIpc) is 2.89. The van der Waals surface area contributed by atoms with E-state index in [1.54, 1.807) is 0 Å². The van der Waals surface area contributed by atoms with Gasteiger partial charge in [0.05, 0.1) is 18.0 Å². The number of aliphatic imine (C=N–C) groups is 1. The van der Waals surface area contributed by atoms with Crippen molar-refractivity contribution in [3.63, 3.8) is 0 Å². The van der Waals surface area contributed by atoms with E-state index < -0.39 is 0 Å². The lowest BCUT2D eigenvalue weighted by molar-refractivity contribution is 0.114. The first kappa shape index (κ1) is 24.3. The highest BCUT2D eigenvalue weighted by molar-refractivity contribution is 8.13. The van der Waals surface area contributed by atoms with Gasteiger partial charge in [0.1, 0.15) is 0 Å². The van der Waals surface area contributed by atoms with Crippen molar-refractivity contribution in [2.75, 3.05) is 12.4 Å². The van der Waals surface area contributed by atoms with Crippen molar-refractivity contribution in [3.05, 3.63) is 71.5 Å². The van der Waals surface area contributed by atoms with Gasteiger partial charge in [0.2, 0.25) is 0 Å². The van der Waals surface area contributed by atoms with Gasteiger partial charge in [-0.2, -0.15) is 0 Å². The van der Waals surface area contributed by atoms with Crippen LogP contribution in [0.25, 0.3) is 10.8 Å². The number of unbranched alkanes of at least 4 members (excludes halogenated alkanes) is 5. The molecule has 5 heteroatoms. The minimum absolute atomic E-state index is 0.549. The maximum absolute atomic E-state index is 5.96. The van der Waals surface area contributed by atoms with Gasteiger partial charge in [-0.25, -0.2) is 4.99 Å². The van der Waals surface area contributed by atoms with Crippen molar-refractivity contribution < 1.29 is 4.74 Å². The van der Waals surface area contributed by atoms with Gasteiger partial charge in [-0.1, -0.05) is 87.2 Å². The van der Waals surface area contributed by atoms with Crippen molar-refractivity contribution in [2.24, 2.45) is 4.99 Å². The lowest BCUT2D eigenvalue weighted by Crippen LogP contribution is -2.46. The molecule has 3 aromatic rings. The molecule has 4 nitrogen and oxygen atoms in total. The van der Waals surface area contributed by atoms with E-state index in [1.165, 1.54) is 49.7 Å². The molecule has 0 amide bonds. The number of ether oxygens (including phenoxy) is 1. The van der Waals surface area contributed by atoms with Crippen LogP contribution in [0, 0.1) is 0 Å². The number of amidine groups is 1. The first-order valence-electron chi connectivity index (χ1n) is 13.3. The van der Waals surface area contributed by atoms with E-state index in [2.05, 4.69) is 65.3 Å². The zero-order chi connectivity index (χ0) is 23.9. The van der Waals surface area contributed by atoms with E-state index in [0.29, 0.717) is 12.6 Å². The number of aromatic nitrogens is 1. The summed E-state index contributed by atoms with van der Waals surface area (Å²) in [6.45, 7) is 4.59. The van der Waals surface area contributed by atoms with Crippen LogP contribution in [0.4, 0.5) is 5.69 Å². The van der Waals surface area contributed by atoms with Crippen molar-refractivity contribution in [1.82, 2.24) is 9.88 Å². The summed E-state index contributed by atoms with van der Waals surface area (Å²) in [5.41, 5.74) is 4.95. The van der Waals surface area contributed by atoms with Crippen LogP contribution in [0.3, 0.4) is 0 Å². The minimum Gasteiger partial charge on any atom is -0.375 e. The van der Waals surface area contributed by atoms with Crippen LogP contribution in [0.1, 0.15) is 68.7 Å². The fourth-order valence-electron chi connectivity index (χ4n) is 5.17. The quantitative estimate of drug-likeness (QED) is 0.275. The highest BCUT2D eigenvalue weighted by Crippen LogP contribution is 2.35. The number of benzene rings is 2. The van der Waals surface area contributed by atoms with Gasteiger partial charge in [0.15, 0.2) is 5.17 Å². The van der Waals surface area contributed by atoms with Gasteiger partial charge in [-0.3, -0.25) is 4.98 Å². The Kier molecular flexibility index (Phi) is 8.37. The summed E-state index contributed by atoms with van der Waals surface area (Å²) >= 11 is 1.89. The van der Waals surface area contributed by atoms with Gasteiger partial charge in [0, 0.05) is 41.9 Å². The van der Waals surface area contributed by atoms with Crippen molar-refractivity contribution in [2.45, 2.75) is 77.5 Å². The maximum Gasteiger partial charge on any atom is 0.164 e. The lowest BCUT2D eigenvalue weighted by Gasteiger charge is -2.41. The van der Waals surface area contributed by atoms with Crippen molar-refractivity contribution in [1.29, 1.82) is 0 Å². The molecule has 0 bridgehead atoms. The van der Waals surface area contributed by atoms with Crippen LogP contribution in [0.2, 0.25) is 0 Å². The second kappa shape index (κ2) is 12.0. The zero-order valence-corrected chi connectivity index (χ0v) is 21.7. The molecular formula is C30H37N3OS. The highest BCUT2D eigenvalue weighted by Gasteiger charge is 2.31. The Morgan fingerprint density at radius 2 is 1.89 bits per heavy atom. The summed E-state index contributed by atoms with van der Waals surface area (Å²) in [5, 5.41) is 3.45. The topological polar surface area (TPSA) is 37.7 Å². The molecule has 0 spiro atoms. The standard InChI is InChI=1S/C30H37N3OS/c1-2-3-4-5-6-9-16-34-22-26-19-28-24(20-31-26)13-10-14-29(28)32-30-33-21-25-12-8-7-11-23(25)18-27(33)15-17-35-30/h7-8,10-14,19-20,27H,2-6,9,15-18,21-22H2,1H3. The third-order valence-corrected chi connectivity index (χ3v) is 8.21. The molecule has 35 heavy (non-hydrogen) atoms. The number of fused-ring (bicyclic) bond motifs is 3. The van der Waals surface area contributed by atoms with Crippen molar-refractivity contribution in [3.8, 4) is 0 Å². The summed E-state index contributed by atoms with van der Waals surface area (Å²) in [4.78, 5) is 12.4. The molecule has 1 unspecified atom stereocenters. The SMILES string of the molecule is CCCCCCCCOCc1cc2c(N=C3SCCC4Cc5ccccc5CN34)cccc2cn1. The number of nitrogens with zero attached hydrogens (tertiary/aromatic N) is 3. The average molecular weight is 488 g/mol. The second-order valence-corrected chi connectivity index (χ2v) is 10.8. The molecule has 2 aliphatic rings. The number of rotatable bonds is 10. The summed E-state index contributed by atoms with van der Waals surface area (Å²) < 4.78 is 5.96. The Bertz CT molecular complexity index is 1160. The molecule has 1 fully saturated rings. The Morgan fingerprint density at radius 1 is 1.03 bits per heavy atom. The third-order valence-electron chi connectivity index (χ3n) is 7.19. The van der Waals surface area contributed by atoms with Gasteiger partial charge >= 0.3 is 0 Å². The predicted octanol–water partition coefficient (Wildman–Crippen LogP) is 7.66. The normalized spacial score (nSPS) is 18.6. The van der Waals surface area contributed by atoms with Gasteiger partial charge in [0.25, 0.3) is 0 Å². The predicted molar refractivity (Wildman–Crippen MR) is 148 cm³/mol. The number of thioether (sulfide) groups is 1. The number of pyridine rings is 1. The molecule has 2 aromatic carbocycles. The van der Waals surface area contributed by atoms with Crippen LogP contribution in [-0.2, 0) is 24.3 Å². The lowest BCUT2D eigenvalue weighted by atomic mass is 9.93. The van der Waals surface area contributed by atoms with Gasteiger partial charge in [-0.15, -0.1) is 0 Å². The Balaban J connectivity index is 1.28. The molecule has 1 saturated heterocycles. The Morgan fingerprint density at radius 3 is 2.80 bits per heavy atom. The first-order chi connectivity index (χ1) is 17.3. The van der Waals surface area contributed by atoms with Crippen LogP contribution in [0.15, 0.2) is 59.7 Å². The Labute approximate surface area is 214 Å². The number of hydrogen-bond acceptors (Lipinski definition) is 4. The molecule has 0 radical (unpaired) electrons. The van der Waals surface area contributed by atoms with Crippen LogP contribution < -0.4 is 0 Å². The molecule has 0 aliphatic carbocycles. The fourth-order valence-corrected chi connectivity index (χ4v) is 6.29. The van der Waals surface area contributed by atoms with E-state index >= 15 is 0 Å². The van der Waals surface area contributed by atoms with Crippen LogP contribution in [0.5, 0.6) is 0 Å². The minimum atomic E-state index is 0.549. The molecular weight excluding hydrogens is 450 g/mol. The van der Waals surface area contributed by atoms with Crippen molar-refractivity contribution >= 4 is 33.4 Å². The molecule has 0 N–H and O–H groups in total. The van der Waals surface area contributed by atoms with E-state index in [0.717, 1.165) is 59.1 Å². The maximum atomic E-state index is 5.96. The molecule has 1 aromatic heterocycles. The monoisotopic (exact) mass is 487 g/mol. The molecule has 2 aliphatic heterocycles. The molecule has 5 rings (SSSR count). The highest BCUT2D eigenvalue weighted by atomic mass is 32.2. The summed E-state index contributed by atoms with van der Waals surface area (Å²) in [6, 6.07) is 18.0. The summed E-state index contributed by atoms with van der Waals surface area (Å²) in [7, 11) is 0. The summed E-state index contributed by atoms with van der Waals surface area (Å²) in [5.74, 6) is 1.13. The van der Waals surface area contributed by atoms with E-state index in [1.807, 2.05) is 18.0 Å². The second-order valence-electron chi connectivity index (χ2n) is 9.78. The van der Waals surface area contributed by atoms with E-state index in [9.17, 15) is 0 Å². The van der Waals surface area contributed by atoms with Gasteiger partial charge in [-0.05, 0) is 42.5 Å².